The van der Waals surface area contributed by atoms with Crippen molar-refractivity contribution in [1.82, 2.24) is 5.32 Å². The number of benzene rings is 1. The second-order valence-corrected chi connectivity index (χ2v) is 4.60. The molecular formula is C13H17ClN2O. The first-order valence-electron chi connectivity index (χ1n) is 6.03. The number of rotatable bonds is 3. The number of halogens is 1. The first-order chi connectivity index (χ1) is 8.31. The second kappa shape index (κ2) is 5.92. The number of carbonyl (C=O) groups excluding carboxylic acids is 1. The molecule has 2 amide bonds. The average molecular weight is 253 g/mol. The van der Waals surface area contributed by atoms with E-state index in [0.717, 1.165) is 18.5 Å². The standard InChI is InChI=1S/C13H17ClN2O/c14-8-9-15-13(17)16-12-7-3-5-10-4-1-2-6-11(10)12/h3,5,7H,1-2,4,6,8-9H2,(H2,15,16,17). The molecule has 2 N–H and O–H groups in total. The molecule has 1 aliphatic rings. The highest BCUT2D eigenvalue weighted by Gasteiger charge is 2.13. The monoisotopic (exact) mass is 252 g/mol. The summed E-state index contributed by atoms with van der Waals surface area (Å²) < 4.78 is 0. The van der Waals surface area contributed by atoms with Crippen molar-refractivity contribution >= 4 is 23.3 Å². The van der Waals surface area contributed by atoms with E-state index in [-0.39, 0.29) is 6.03 Å². The quantitative estimate of drug-likeness (QED) is 0.798. The Kier molecular flexibility index (Phi) is 4.26. The van der Waals surface area contributed by atoms with Gasteiger partial charge in [-0.1, -0.05) is 12.1 Å². The summed E-state index contributed by atoms with van der Waals surface area (Å²) in [4.78, 5) is 11.6. The molecule has 0 heterocycles. The number of alkyl halides is 1. The minimum absolute atomic E-state index is 0.176. The summed E-state index contributed by atoms with van der Waals surface area (Å²) in [5, 5.41) is 5.60. The van der Waals surface area contributed by atoms with E-state index in [0.29, 0.717) is 12.4 Å². The Morgan fingerprint density at radius 1 is 1.29 bits per heavy atom. The lowest BCUT2D eigenvalue weighted by Gasteiger charge is -2.19. The van der Waals surface area contributed by atoms with Gasteiger partial charge in [0.2, 0.25) is 0 Å². The van der Waals surface area contributed by atoms with E-state index >= 15 is 0 Å². The van der Waals surface area contributed by atoms with Crippen molar-refractivity contribution in [3.05, 3.63) is 29.3 Å². The first-order valence-corrected chi connectivity index (χ1v) is 6.56. The highest BCUT2D eigenvalue weighted by atomic mass is 35.5. The lowest BCUT2D eigenvalue weighted by molar-refractivity contribution is 0.252. The van der Waals surface area contributed by atoms with Gasteiger partial charge >= 0.3 is 6.03 Å². The molecule has 0 fully saturated rings. The van der Waals surface area contributed by atoms with Gasteiger partial charge in [0.25, 0.3) is 0 Å². The molecule has 17 heavy (non-hydrogen) atoms. The molecule has 92 valence electrons. The van der Waals surface area contributed by atoms with Gasteiger partial charge in [-0.2, -0.15) is 0 Å². The maximum absolute atomic E-state index is 11.6. The predicted molar refractivity (Wildman–Crippen MR) is 70.8 cm³/mol. The molecule has 1 aliphatic carbocycles. The number of urea groups is 1. The van der Waals surface area contributed by atoms with Gasteiger partial charge < -0.3 is 10.6 Å². The van der Waals surface area contributed by atoms with Gasteiger partial charge in [-0.3, -0.25) is 0 Å². The van der Waals surface area contributed by atoms with Crippen molar-refractivity contribution in [2.24, 2.45) is 0 Å². The van der Waals surface area contributed by atoms with Gasteiger partial charge in [0, 0.05) is 18.1 Å². The third-order valence-electron chi connectivity index (χ3n) is 3.02. The first kappa shape index (κ1) is 12.2. The summed E-state index contributed by atoms with van der Waals surface area (Å²) in [5.41, 5.74) is 3.60. The zero-order valence-electron chi connectivity index (χ0n) is 9.76. The Hall–Kier alpha value is -1.22. The summed E-state index contributed by atoms with van der Waals surface area (Å²) >= 11 is 5.52. The maximum atomic E-state index is 11.6. The lowest BCUT2D eigenvalue weighted by Crippen LogP contribution is -2.30. The summed E-state index contributed by atoms with van der Waals surface area (Å²) in [7, 11) is 0. The van der Waals surface area contributed by atoms with E-state index in [1.807, 2.05) is 12.1 Å². The Bertz CT molecular complexity index is 406. The maximum Gasteiger partial charge on any atom is 0.319 e. The van der Waals surface area contributed by atoms with Crippen molar-refractivity contribution in [1.29, 1.82) is 0 Å². The van der Waals surface area contributed by atoms with E-state index in [2.05, 4.69) is 16.7 Å². The molecule has 1 aromatic rings. The number of hydrogen-bond donors (Lipinski definition) is 2. The summed E-state index contributed by atoms with van der Waals surface area (Å²) in [5.74, 6) is 0.431. The molecule has 1 aromatic carbocycles. The molecule has 4 heteroatoms. The number of aryl methyl sites for hydroxylation is 1. The predicted octanol–water partition coefficient (Wildman–Crippen LogP) is 2.93. The lowest BCUT2D eigenvalue weighted by atomic mass is 9.90. The van der Waals surface area contributed by atoms with Crippen LogP contribution in [0, 0.1) is 0 Å². The Labute approximate surface area is 107 Å². The van der Waals surface area contributed by atoms with E-state index < -0.39 is 0 Å². The van der Waals surface area contributed by atoms with Crippen molar-refractivity contribution in [3.8, 4) is 0 Å². The fraction of sp³-hybridized carbons (Fsp3) is 0.462. The van der Waals surface area contributed by atoms with Crippen LogP contribution in [0.25, 0.3) is 0 Å². The topological polar surface area (TPSA) is 41.1 Å². The zero-order valence-corrected chi connectivity index (χ0v) is 10.5. The van der Waals surface area contributed by atoms with Crippen molar-refractivity contribution in [2.45, 2.75) is 25.7 Å². The Morgan fingerprint density at radius 2 is 2.12 bits per heavy atom. The number of amides is 2. The van der Waals surface area contributed by atoms with Gasteiger partial charge in [0.15, 0.2) is 0 Å². The van der Waals surface area contributed by atoms with Crippen LogP contribution in [0.5, 0.6) is 0 Å². The van der Waals surface area contributed by atoms with Crippen molar-refractivity contribution < 1.29 is 4.79 Å². The molecule has 3 nitrogen and oxygen atoms in total. The minimum Gasteiger partial charge on any atom is -0.337 e. The molecule has 0 unspecified atom stereocenters. The normalized spacial score (nSPS) is 13.9. The molecule has 2 rings (SSSR count). The van der Waals surface area contributed by atoms with Crippen LogP contribution in [-0.4, -0.2) is 18.5 Å². The van der Waals surface area contributed by atoms with E-state index in [1.165, 1.54) is 24.0 Å². The van der Waals surface area contributed by atoms with Crippen LogP contribution in [0.15, 0.2) is 18.2 Å². The zero-order chi connectivity index (χ0) is 12.1. The fourth-order valence-electron chi connectivity index (χ4n) is 2.23. The third kappa shape index (κ3) is 3.13. The molecule has 0 bridgehead atoms. The Morgan fingerprint density at radius 3 is 2.94 bits per heavy atom. The van der Waals surface area contributed by atoms with Gasteiger partial charge in [-0.15, -0.1) is 11.6 Å². The highest BCUT2D eigenvalue weighted by molar-refractivity contribution is 6.18. The van der Waals surface area contributed by atoms with Crippen molar-refractivity contribution in [3.63, 3.8) is 0 Å². The molecule has 0 atom stereocenters. The van der Waals surface area contributed by atoms with Crippen LogP contribution < -0.4 is 10.6 Å². The molecular weight excluding hydrogens is 236 g/mol. The van der Waals surface area contributed by atoms with Crippen LogP contribution in [0.4, 0.5) is 10.5 Å². The summed E-state index contributed by atoms with van der Waals surface area (Å²) in [6, 6.07) is 5.94. The van der Waals surface area contributed by atoms with Crippen molar-refractivity contribution in [2.75, 3.05) is 17.7 Å². The molecule has 0 spiro atoms. The highest BCUT2D eigenvalue weighted by Crippen LogP contribution is 2.27. The Balaban J connectivity index is 2.08. The van der Waals surface area contributed by atoms with Crippen LogP contribution in [-0.2, 0) is 12.8 Å². The minimum atomic E-state index is -0.176. The largest absolute Gasteiger partial charge is 0.337 e. The van der Waals surface area contributed by atoms with Crippen LogP contribution >= 0.6 is 11.6 Å². The van der Waals surface area contributed by atoms with E-state index in [4.69, 9.17) is 11.6 Å². The van der Waals surface area contributed by atoms with Crippen LogP contribution in [0.2, 0.25) is 0 Å². The van der Waals surface area contributed by atoms with Gasteiger partial charge in [-0.25, -0.2) is 4.79 Å². The van der Waals surface area contributed by atoms with Crippen LogP contribution in [0.1, 0.15) is 24.0 Å². The molecule has 0 saturated heterocycles. The smallest absolute Gasteiger partial charge is 0.319 e. The number of fused-ring (bicyclic) bond motifs is 1. The van der Waals surface area contributed by atoms with Gasteiger partial charge in [0.1, 0.15) is 0 Å². The second-order valence-electron chi connectivity index (χ2n) is 4.22. The number of carbonyl (C=O) groups is 1. The third-order valence-corrected chi connectivity index (χ3v) is 3.21. The van der Waals surface area contributed by atoms with Crippen LogP contribution in [0.3, 0.4) is 0 Å². The molecule has 0 aromatic heterocycles. The number of anilines is 1. The van der Waals surface area contributed by atoms with E-state index in [9.17, 15) is 4.79 Å². The fourth-order valence-corrected chi connectivity index (χ4v) is 2.32. The van der Waals surface area contributed by atoms with E-state index in [1.54, 1.807) is 0 Å². The van der Waals surface area contributed by atoms with Gasteiger partial charge in [0.05, 0.1) is 0 Å². The summed E-state index contributed by atoms with van der Waals surface area (Å²) in [6.07, 6.45) is 4.62. The molecule has 0 radical (unpaired) electrons. The van der Waals surface area contributed by atoms with Gasteiger partial charge in [-0.05, 0) is 42.9 Å². The molecule has 0 aliphatic heterocycles. The SMILES string of the molecule is O=C(NCCCl)Nc1cccc2c1CCCC2. The summed E-state index contributed by atoms with van der Waals surface area (Å²) in [6.45, 7) is 0.489. The average Bonchev–Trinajstić information content (AvgIpc) is 2.37. The molecule has 0 saturated carbocycles. The number of hydrogen-bond acceptors (Lipinski definition) is 1. The number of nitrogens with one attached hydrogen (secondary N) is 2.